The molecule has 2 aliphatic heterocycles. The topological polar surface area (TPSA) is 57.7 Å². The molecule has 2 aliphatic rings. The molecule has 0 radical (unpaired) electrons. The molecule has 2 saturated heterocycles. The maximum atomic E-state index is 12.9. The van der Waals surface area contributed by atoms with Gasteiger partial charge in [0.1, 0.15) is 0 Å². The molecule has 150 valence electrons. The van der Waals surface area contributed by atoms with Gasteiger partial charge in [-0.1, -0.05) is 18.6 Å². The largest absolute Gasteiger partial charge is 0.335 e. The Balaban J connectivity index is 1.43. The van der Waals surface area contributed by atoms with Crippen molar-refractivity contribution in [1.29, 1.82) is 0 Å². The smallest absolute Gasteiger partial charge is 0.243 e. The van der Waals surface area contributed by atoms with Crippen LogP contribution >= 0.6 is 11.3 Å². The van der Waals surface area contributed by atoms with E-state index in [2.05, 4.69) is 16.8 Å². The number of rotatable bonds is 5. The molecule has 4 rings (SSSR count). The maximum absolute atomic E-state index is 12.9. The summed E-state index contributed by atoms with van der Waals surface area (Å²) in [6.45, 7) is 1.99. The monoisotopic (exact) mass is 418 g/mol. The van der Waals surface area contributed by atoms with Crippen LogP contribution in [0.5, 0.6) is 0 Å². The molecule has 0 N–H and O–H groups in total. The first-order valence-electron chi connectivity index (χ1n) is 9.96. The zero-order valence-electron chi connectivity index (χ0n) is 15.9. The Bertz CT molecular complexity index is 902. The number of thiophene rings is 1. The lowest BCUT2D eigenvalue weighted by molar-refractivity contribution is -0.131. The van der Waals surface area contributed by atoms with Crippen LogP contribution in [0, 0.1) is 0 Å². The van der Waals surface area contributed by atoms with Crippen molar-refractivity contribution in [3.8, 4) is 0 Å². The van der Waals surface area contributed by atoms with Gasteiger partial charge in [-0.2, -0.15) is 15.6 Å². The Kier molecular flexibility index (Phi) is 5.85. The Hall–Kier alpha value is -1.70. The molecule has 28 heavy (non-hydrogen) atoms. The summed E-state index contributed by atoms with van der Waals surface area (Å²) >= 11 is 1.66. The van der Waals surface area contributed by atoms with Gasteiger partial charge < -0.3 is 4.90 Å². The van der Waals surface area contributed by atoms with E-state index in [0.29, 0.717) is 24.4 Å². The van der Waals surface area contributed by atoms with Gasteiger partial charge in [-0.25, -0.2) is 8.42 Å². The van der Waals surface area contributed by atoms with E-state index in [0.717, 1.165) is 44.2 Å². The van der Waals surface area contributed by atoms with E-state index < -0.39 is 10.0 Å². The normalized spacial score (nSPS) is 21.1. The summed E-state index contributed by atoms with van der Waals surface area (Å²) in [4.78, 5) is 15.1. The van der Waals surface area contributed by atoms with Crippen molar-refractivity contribution in [1.82, 2.24) is 9.21 Å². The fourth-order valence-electron chi connectivity index (χ4n) is 4.19. The first-order valence-corrected chi connectivity index (χ1v) is 12.3. The zero-order valence-corrected chi connectivity index (χ0v) is 17.6. The van der Waals surface area contributed by atoms with Crippen LogP contribution in [-0.4, -0.2) is 43.2 Å². The molecule has 1 unspecified atom stereocenters. The summed E-state index contributed by atoms with van der Waals surface area (Å²) in [5, 5.41) is 4.17. The second-order valence-corrected chi connectivity index (χ2v) is 10.3. The Morgan fingerprint density at radius 3 is 2.43 bits per heavy atom. The Labute approximate surface area is 171 Å². The van der Waals surface area contributed by atoms with Gasteiger partial charge in [0, 0.05) is 19.6 Å². The number of piperidine rings is 1. The van der Waals surface area contributed by atoms with E-state index in [1.165, 1.54) is 5.56 Å². The fraction of sp³-hybridized carbons (Fsp3) is 0.476. The highest BCUT2D eigenvalue weighted by atomic mass is 32.2. The number of carbonyl (C=O) groups is 1. The molecular formula is C21H26N2O3S2. The number of likely N-dealkylation sites (tertiary alicyclic amines) is 1. The number of hydrogen-bond acceptors (Lipinski definition) is 4. The van der Waals surface area contributed by atoms with Gasteiger partial charge in [0.05, 0.1) is 17.4 Å². The highest BCUT2D eigenvalue weighted by molar-refractivity contribution is 7.89. The van der Waals surface area contributed by atoms with E-state index in [1.54, 1.807) is 39.9 Å². The van der Waals surface area contributed by atoms with Gasteiger partial charge in [0.2, 0.25) is 15.9 Å². The molecular weight excluding hydrogens is 392 g/mol. The molecule has 0 spiro atoms. The minimum Gasteiger partial charge on any atom is -0.335 e. The van der Waals surface area contributed by atoms with Crippen LogP contribution in [0.2, 0.25) is 0 Å². The van der Waals surface area contributed by atoms with E-state index in [4.69, 9.17) is 0 Å². The summed E-state index contributed by atoms with van der Waals surface area (Å²) in [6.07, 6.45) is 5.29. The molecule has 2 aromatic rings. The number of benzene rings is 1. The minimum absolute atomic E-state index is 0.111. The number of hydrogen-bond donors (Lipinski definition) is 0. The summed E-state index contributed by atoms with van der Waals surface area (Å²) in [7, 11) is -3.42. The molecule has 1 amide bonds. The van der Waals surface area contributed by atoms with Crippen molar-refractivity contribution in [3.63, 3.8) is 0 Å². The van der Waals surface area contributed by atoms with E-state index in [9.17, 15) is 13.2 Å². The lowest BCUT2D eigenvalue weighted by Crippen LogP contribution is -2.35. The highest BCUT2D eigenvalue weighted by Crippen LogP contribution is 2.33. The zero-order chi connectivity index (χ0) is 19.6. The molecule has 0 aliphatic carbocycles. The number of nitrogens with zero attached hydrogens (tertiary/aromatic N) is 2. The van der Waals surface area contributed by atoms with Crippen LogP contribution in [0.4, 0.5) is 0 Å². The van der Waals surface area contributed by atoms with Gasteiger partial charge in [0.25, 0.3) is 0 Å². The van der Waals surface area contributed by atoms with Crippen LogP contribution in [0.1, 0.15) is 49.3 Å². The second kappa shape index (κ2) is 8.35. The van der Waals surface area contributed by atoms with E-state index in [-0.39, 0.29) is 11.9 Å². The Morgan fingerprint density at radius 2 is 1.75 bits per heavy atom. The van der Waals surface area contributed by atoms with Crippen molar-refractivity contribution in [2.75, 3.05) is 19.6 Å². The number of carbonyl (C=O) groups excluding carboxylic acids is 1. The maximum Gasteiger partial charge on any atom is 0.243 e. The van der Waals surface area contributed by atoms with Crippen molar-refractivity contribution in [2.45, 2.75) is 49.5 Å². The number of amides is 1. The molecule has 3 heterocycles. The third-order valence-electron chi connectivity index (χ3n) is 5.73. The van der Waals surface area contributed by atoms with Crippen LogP contribution < -0.4 is 0 Å². The molecule has 0 saturated carbocycles. The highest BCUT2D eigenvalue weighted by Gasteiger charge is 2.30. The van der Waals surface area contributed by atoms with Crippen LogP contribution in [-0.2, 0) is 21.2 Å². The molecule has 1 aromatic carbocycles. The van der Waals surface area contributed by atoms with Crippen LogP contribution in [0.15, 0.2) is 46.0 Å². The number of sulfonamides is 1. The van der Waals surface area contributed by atoms with Gasteiger partial charge in [0.15, 0.2) is 0 Å². The van der Waals surface area contributed by atoms with Gasteiger partial charge in [-0.05, 0) is 65.8 Å². The summed E-state index contributed by atoms with van der Waals surface area (Å²) < 4.78 is 27.1. The lowest BCUT2D eigenvalue weighted by atomic mass is 10.1. The molecule has 1 atom stereocenters. The molecule has 1 aromatic heterocycles. The summed E-state index contributed by atoms with van der Waals surface area (Å²) in [5.74, 6) is 0.111. The predicted molar refractivity (Wildman–Crippen MR) is 111 cm³/mol. The van der Waals surface area contributed by atoms with Gasteiger partial charge in [-0.15, -0.1) is 0 Å². The van der Waals surface area contributed by atoms with Gasteiger partial charge in [-0.3, -0.25) is 4.79 Å². The molecule has 7 heteroatoms. The fourth-order valence-corrected chi connectivity index (χ4v) is 6.41. The predicted octanol–water partition coefficient (Wildman–Crippen LogP) is 3.83. The molecule has 5 nitrogen and oxygen atoms in total. The summed E-state index contributed by atoms with van der Waals surface area (Å²) in [5.41, 5.74) is 2.08. The second-order valence-electron chi connectivity index (χ2n) is 7.59. The minimum atomic E-state index is -3.42. The van der Waals surface area contributed by atoms with Crippen LogP contribution in [0.3, 0.4) is 0 Å². The Morgan fingerprint density at radius 1 is 1.00 bits per heavy atom. The van der Waals surface area contributed by atoms with Crippen molar-refractivity contribution >= 4 is 27.3 Å². The van der Waals surface area contributed by atoms with Crippen molar-refractivity contribution in [2.24, 2.45) is 0 Å². The molecule has 2 fully saturated rings. The average molecular weight is 419 g/mol. The van der Waals surface area contributed by atoms with E-state index in [1.807, 2.05) is 4.90 Å². The average Bonchev–Trinajstić information content (AvgIpc) is 3.40. The molecule has 0 bridgehead atoms. The standard InChI is InChI=1S/C21H26N2O3S2/c24-21(23-13-4-5-20(23)18-10-14-27-16-18)15-17-6-8-19(9-7-17)28(25,26)22-11-2-1-3-12-22/h6-10,14,16,20H,1-5,11-13,15H2. The lowest BCUT2D eigenvalue weighted by Gasteiger charge is -2.26. The third-order valence-corrected chi connectivity index (χ3v) is 8.35. The summed E-state index contributed by atoms with van der Waals surface area (Å²) in [6, 6.07) is 9.13. The first kappa shape index (κ1) is 19.6. The van der Waals surface area contributed by atoms with Crippen molar-refractivity contribution < 1.29 is 13.2 Å². The van der Waals surface area contributed by atoms with Gasteiger partial charge >= 0.3 is 0 Å². The SMILES string of the molecule is O=C(Cc1ccc(S(=O)(=O)N2CCCCC2)cc1)N1CCCC1c1ccsc1. The van der Waals surface area contributed by atoms with Crippen LogP contribution in [0.25, 0.3) is 0 Å². The van der Waals surface area contributed by atoms with E-state index >= 15 is 0 Å². The quantitative estimate of drug-likeness (QED) is 0.742. The first-order chi connectivity index (χ1) is 13.6. The third kappa shape index (κ3) is 4.02. The van der Waals surface area contributed by atoms with Crippen molar-refractivity contribution in [3.05, 3.63) is 52.2 Å².